The van der Waals surface area contributed by atoms with Crippen LogP contribution in [0.2, 0.25) is 0 Å². The van der Waals surface area contributed by atoms with Crippen molar-refractivity contribution in [1.82, 2.24) is 15.1 Å². The molecule has 6 nitrogen and oxygen atoms in total. The molecule has 0 aromatic rings. The van der Waals surface area contributed by atoms with Gasteiger partial charge in [0.1, 0.15) is 0 Å². The first kappa shape index (κ1) is 15.7. The molecular weight excluding hydrogens is 222 g/mol. The largest absolute Gasteiger partial charge is 0.481 e. The Kier molecular flexibility index (Phi) is 6.57. The minimum Gasteiger partial charge on any atom is -0.481 e. The van der Waals surface area contributed by atoms with Crippen LogP contribution in [0.3, 0.4) is 0 Å². The van der Waals surface area contributed by atoms with E-state index in [1.807, 2.05) is 25.9 Å². The molecule has 2 atom stereocenters. The fraction of sp³-hybridized carbons (Fsp3) is 0.818. The van der Waals surface area contributed by atoms with Crippen molar-refractivity contribution in [2.75, 3.05) is 34.2 Å². The molecule has 0 saturated heterocycles. The Hall–Kier alpha value is -1.30. The summed E-state index contributed by atoms with van der Waals surface area (Å²) in [7, 11) is 5.47. The number of hydrogen-bond acceptors (Lipinski definition) is 3. The molecule has 2 unspecified atom stereocenters. The lowest BCUT2D eigenvalue weighted by atomic mass is 10.2. The van der Waals surface area contributed by atoms with Crippen LogP contribution in [0.1, 0.15) is 13.8 Å². The van der Waals surface area contributed by atoms with Crippen LogP contribution in [0.4, 0.5) is 4.79 Å². The fourth-order valence-electron chi connectivity index (χ4n) is 1.12. The summed E-state index contributed by atoms with van der Waals surface area (Å²) in [5.74, 6) is -1.46. The van der Waals surface area contributed by atoms with Crippen molar-refractivity contribution < 1.29 is 14.7 Å². The zero-order chi connectivity index (χ0) is 13.6. The second kappa shape index (κ2) is 7.11. The molecule has 2 N–H and O–H groups in total. The molecular formula is C11H23N3O3. The fourth-order valence-corrected chi connectivity index (χ4v) is 1.12. The molecule has 6 heteroatoms. The van der Waals surface area contributed by atoms with Gasteiger partial charge in [-0.2, -0.15) is 0 Å². The average molecular weight is 245 g/mol. The van der Waals surface area contributed by atoms with E-state index in [1.54, 1.807) is 14.0 Å². The summed E-state index contributed by atoms with van der Waals surface area (Å²) in [6, 6.07) is -0.00366. The molecule has 0 radical (unpaired) electrons. The lowest BCUT2D eigenvalue weighted by molar-refractivity contribution is -0.141. The van der Waals surface area contributed by atoms with Crippen LogP contribution >= 0.6 is 0 Å². The molecule has 0 heterocycles. The summed E-state index contributed by atoms with van der Waals surface area (Å²) in [6.45, 7) is 4.32. The number of hydrogen-bond donors (Lipinski definition) is 2. The highest BCUT2D eigenvalue weighted by Gasteiger charge is 2.17. The average Bonchev–Trinajstić information content (AvgIpc) is 2.24. The third kappa shape index (κ3) is 6.11. The molecule has 0 aromatic heterocycles. The minimum atomic E-state index is -0.897. The Morgan fingerprint density at radius 1 is 1.24 bits per heavy atom. The smallest absolute Gasteiger partial charge is 0.317 e. The number of nitrogens with one attached hydrogen (secondary N) is 1. The van der Waals surface area contributed by atoms with E-state index in [4.69, 9.17) is 5.11 Å². The number of carbonyl (C=O) groups excluding carboxylic acids is 1. The highest BCUT2D eigenvalue weighted by atomic mass is 16.4. The minimum absolute atomic E-state index is 0.206. The van der Waals surface area contributed by atoms with Crippen molar-refractivity contribution in [2.24, 2.45) is 5.92 Å². The number of carbonyl (C=O) groups is 2. The first-order valence-corrected chi connectivity index (χ1v) is 5.63. The van der Waals surface area contributed by atoms with E-state index in [2.05, 4.69) is 5.32 Å². The highest BCUT2D eigenvalue weighted by molar-refractivity contribution is 5.75. The van der Waals surface area contributed by atoms with Crippen molar-refractivity contribution in [3.63, 3.8) is 0 Å². The van der Waals surface area contributed by atoms with E-state index in [0.717, 1.165) is 0 Å². The molecule has 100 valence electrons. The Morgan fingerprint density at radius 2 is 1.76 bits per heavy atom. The lowest BCUT2D eigenvalue weighted by Crippen LogP contribution is -2.45. The summed E-state index contributed by atoms with van der Waals surface area (Å²) < 4.78 is 0. The number of likely N-dealkylation sites (N-methyl/N-ethyl adjacent to an activating group) is 1. The number of carboxylic acids is 1. The van der Waals surface area contributed by atoms with E-state index in [9.17, 15) is 9.59 Å². The molecule has 0 aliphatic rings. The first-order valence-electron chi connectivity index (χ1n) is 5.63. The molecule has 2 amide bonds. The second-order valence-electron chi connectivity index (χ2n) is 4.62. The molecule has 0 spiro atoms. The van der Waals surface area contributed by atoms with Crippen LogP contribution in [-0.4, -0.2) is 67.2 Å². The van der Waals surface area contributed by atoms with Gasteiger partial charge in [-0.1, -0.05) is 6.92 Å². The van der Waals surface area contributed by atoms with Crippen LogP contribution in [0.15, 0.2) is 0 Å². The predicted molar refractivity (Wildman–Crippen MR) is 66.0 cm³/mol. The van der Waals surface area contributed by atoms with E-state index in [0.29, 0.717) is 6.54 Å². The molecule has 0 bridgehead atoms. The maximum atomic E-state index is 11.6. The van der Waals surface area contributed by atoms with Gasteiger partial charge >= 0.3 is 12.0 Å². The molecule has 0 aromatic carbocycles. The summed E-state index contributed by atoms with van der Waals surface area (Å²) >= 11 is 0. The summed E-state index contributed by atoms with van der Waals surface area (Å²) in [6.07, 6.45) is 0. The molecule has 0 saturated carbocycles. The Morgan fingerprint density at radius 3 is 2.18 bits per heavy atom. The molecule has 17 heavy (non-hydrogen) atoms. The molecule has 0 rings (SSSR count). The number of amides is 2. The third-order valence-corrected chi connectivity index (χ3v) is 2.75. The number of nitrogens with zero attached hydrogens (tertiary/aromatic N) is 2. The van der Waals surface area contributed by atoms with Gasteiger partial charge < -0.3 is 20.2 Å². The molecule has 0 aliphatic carbocycles. The zero-order valence-electron chi connectivity index (χ0n) is 11.2. The van der Waals surface area contributed by atoms with E-state index in [-0.39, 0.29) is 18.6 Å². The van der Waals surface area contributed by atoms with Gasteiger partial charge in [0, 0.05) is 26.2 Å². The number of rotatable bonds is 6. The van der Waals surface area contributed by atoms with Gasteiger partial charge in [0.05, 0.1) is 5.92 Å². The SMILES string of the molecule is CC(CN(C)C(=O)NCC(C)N(C)C)C(=O)O. The van der Waals surface area contributed by atoms with Crippen molar-refractivity contribution in [2.45, 2.75) is 19.9 Å². The van der Waals surface area contributed by atoms with Crippen LogP contribution in [-0.2, 0) is 4.79 Å². The highest BCUT2D eigenvalue weighted by Crippen LogP contribution is 1.98. The van der Waals surface area contributed by atoms with Crippen molar-refractivity contribution in [3.8, 4) is 0 Å². The van der Waals surface area contributed by atoms with Crippen molar-refractivity contribution in [1.29, 1.82) is 0 Å². The maximum absolute atomic E-state index is 11.6. The van der Waals surface area contributed by atoms with Crippen LogP contribution in [0, 0.1) is 5.92 Å². The van der Waals surface area contributed by atoms with Crippen molar-refractivity contribution >= 4 is 12.0 Å². The van der Waals surface area contributed by atoms with E-state index >= 15 is 0 Å². The van der Waals surface area contributed by atoms with Crippen LogP contribution in [0.25, 0.3) is 0 Å². The van der Waals surface area contributed by atoms with Crippen LogP contribution in [0.5, 0.6) is 0 Å². The normalized spacial score (nSPS) is 14.2. The second-order valence-corrected chi connectivity index (χ2v) is 4.62. The topological polar surface area (TPSA) is 72.9 Å². The van der Waals surface area contributed by atoms with Gasteiger partial charge in [0.25, 0.3) is 0 Å². The van der Waals surface area contributed by atoms with Gasteiger partial charge in [0.2, 0.25) is 0 Å². The first-order chi connectivity index (χ1) is 7.75. The zero-order valence-corrected chi connectivity index (χ0v) is 11.2. The maximum Gasteiger partial charge on any atom is 0.317 e. The predicted octanol–water partition coefficient (Wildman–Crippen LogP) is 0.299. The Balaban J connectivity index is 4.02. The van der Waals surface area contributed by atoms with Gasteiger partial charge in [0.15, 0.2) is 0 Å². The van der Waals surface area contributed by atoms with Crippen LogP contribution < -0.4 is 5.32 Å². The molecule has 0 fully saturated rings. The summed E-state index contributed by atoms with van der Waals surface area (Å²) in [5, 5.41) is 11.5. The lowest BCUT2D eigenvalue weighted by Gasteiger charge is -2.24. The molecule has 0 aliphatic heterocycles. The Bertz CT molecular complexity index is 269. The number of aliphatic carboxylic acids is 1. The van der Waals surface area contributed by atoms with Gasteiger partial charge in [-0.3, -0.25) is 4.79 Å². The summed E-state index contributed by atoms with van der Waals surface area (Å²) in [5.41, 5.74) is 0. The monoisotopic (exact) mass is 245 g/mol. The van der Waals surface area contributed by atoms with Crippen molar-refractivity contribution in [3.05, 3.63) is 0 Å². The van der Waals surface area contributed by atoms with Gasteiger partial charge in [-0.25, -0.2) is 4.79 Å². The quantitative estimate of drug-likeness (QED) is 0.706. The van der Waals surface area contributed by atoms with E-state index < -0.39 is 11.9 Å². The van der Waals surface area contributed by atoms with E-state index in [1.165, 1.54) is 4.90 Å². The van der Waals surface area contributed by atoms with Gasteiger partial charge in [-0.15, -0.1) is 0 Å². The third-order valence-electron chi connectivity index (χ3n) is 2.75. The number of carboxylic acid groups (broad SMARTS) is 1. The standard InChI is InChI=1S/C11H23N3O3/c1-8(10(15)16)7-14(5)11(17)12-6-9(2)13(3)4/h8-9H,6-7H2,1-5H3,(H,12,17)(H,15,16). The Labute approximate surface area is 103 Å². The number of urea groups is 1. The summed E-state index contributed by atoms with van der Waals surface area (Å²) in [4.78, 5) is 25.7. The van der Waals surface area contributed by atoms with Gasteiger partial charge in [-0.05, 0) is 21.0 Å².